The van der Waals surface area contributed by atoms with Crippen LogP contribution in [0.2, 0.25) is 0 Å². The maximum atomic E-state index is 12.8. The number of amides is 1. The van der Waals surface area contributed by atoms with Crippen LogP contribution in [0.4, 0.5) is 0 Å². The molecule has 0 spiro atoms. The van der Waals surface area contributed by atoms with E-state index in [0.29, 0.717) is 5.56 Å². The molecule has 1 saturated carbocycles. The van der Waals surface area contributed by atoms with Crippen molar-refractivity contribution in [2.75, 3.05) is 6.54 Å². The fraction of sp³-hybridized carbons (Fsp3) is 0.529. The summed E-state index contributed by atoms with van der Waals surface area (Å²) in [6.45, 7) is 3.86. The van der Waals surface area contributed by atoms with Crippen LogP contribution in [0.15, 0.2) is 24.3 Å². The summed E-state index contributed by atoms with van der Waals surface area (Å²) in [5.41, 5.74) is 1.62. The number of hydrogen-bond acceptors (Lipinski definition) is 2. The molecule has 1 aliphatic rings. The molecule has 114 valence electrons. The Morgan fingerprint density at radius 1 is 1.29 bits per heavy atom. The van der Waals surface area contributed by atoms with Crippen LogP contribution in [-0.4, -0.2) is 34.5 Å². The van der Waals surface area contributed by atoms with Gasteiger partial charge in [-0.2, -0.15) is 0 Å². The van der Waals surface area contributed by atoms with Gasteiger partial charge in [-0.25, -0.2) is 0 Å². The average Bonchev–Trinajstić information content (AvgIpc) is 2.98. The molecule has 4 nitrogen and oxygen atoms in total. The zero-order chi connectivity index (χ0) is 15.4. The fourth-order valence-corrected chi connectivity index (χ4v) is 2.95. The second-order valence-electron chi connectivity index (χ2n) is 5.95. The molecular weight excluding hydrogens is 266 g/mol. The van der Waals surface area contributed by atoms with Crippen LogP contribution in [0.1, 0.15) is 48.5 Å². The van der Waals surface area contributed by atoms with Gasteiger partial charge in [0.25, 0.3) is 5.91 Å². The third kappa shape index (κ3) is 3.63. The van der Waals surface area contributed by atoms with Crippen LogP contribution in [-0.2, 0) is 4.79 Å². The van der Waals surface area contributed by atoms with Gasteiger partial charge in [0.2, 0.25) is 0 Å². The molecule has 21 heavy (non-hydrogen) atoms. The van der Waals surface area contributed by atoms with Crippen LogP contribution in [0.3, 0.4) is 0 Å². The van der Waals surface area contributed by atoms with E-state index in [0.717, 1.165) is 31.2 Å². The van der Waals surface area contributed by atoms with Crippen molar-refractivity contribution in [2.45, 2.75) is 45.6 Å². The largest absolute Gasteiger partial charge is 0.481 e. The smallest absolute Gasteiger partial charge is 0.308 e. The predicted molar refractivity (Wildman–Crippen MR) is 81.3 cm³/mol. The molecule has 1 amide bonds. The molecule has 4 heteroatoms. The van der Waals surface area contributed by atoms with Gasteiger partial charge in [-0.05, 0) is 31.4 Å². The van der Waals surface area contributed by atoms with Gasteiger partial charge < -0.3 is 10.0 Å². The zero-order valence-corrected chi connectivity index (χ0v) is 12.7. The maximum Gasteiger partial charge on any atom is 0.308 e. The number of aliphatic carboxylic acids is 1. The molecule has 1 atom stereocenters. The lowest BCUT2D eigenvalue weighted by atomic mass is 10.0. The molecule has 1 aliphatic carbocycles. The van der Waals surface area contributed by atoms with Crippen LogP contribution in [0, 0.1) is 12.8 Å². The van der Waals surface area contributed by atoms with Gasteiger partial charge in [0.05, 0.1) is 5.92 Å². The first-order chi connectivity index (χ1) is 10.0. The van der Waals surface area contributed by atoms with Gasteiger partial charge in [0.1, 0.15) is 0 Å². The number of benzene rings is 1. The highest BCUT2D eigenvalue weighted by Crippen LogP contribution is 2.26. The van der Waals surface area contributed by atoms with Crippen molar-refractivity contribution in [3.63, 3.8) is 0 Å². The van der Waals surface area contributed by atoms with E-state index < -0.39 is 11.9 Å². The van der Waals surface area contributed by atoms with Crippen molar-refractivity contribution in [2.24, 2.45) is 5.92 Å². The molecule has 1 fully saturated rings. The second kappa shape index (κ2) is 6.74. The Hall–Kier alpha value is -1.84. The third-order valence-electron chi connectivity index (χ3n) is 4.29. The first-order valence-electron chi connectivity index (χ1n) is 7.60. The van der Waals surface area contributed by atoms with Crippen molar-refractivity contribution < 1.29 is 14.7 Å². The van der Waals surface area contributed by atoms with Gasteiger partial charge in [-0.1, -0.05) is 38.0 Å². The summed E-state index contributed by atoms with van der Waals surface area (Å²) in [6.07, 6.45) is 4.18. The van der Waals surface area contributed by atoms with Gasteiger partial charge in [0.15, 0.2) is 0 Å². The molecule has 1 unspecified atom stereocenters. The highest BCUT2D eigenvalue weighted by atomic mass is 16.4. The monoisotopic (exact) mass is 289 g/mol. The topological polar surface area (TPSA) is 57.6 Å². The van der Waals surface area contributed by atoms with Crippen molar-refractivity contribution in [3.8, 4) is 0 Å². The molecule has 2 rings (SSSR count). The Kier molecular flexibility index (Phi) is 4.99. The lowest BCUT2D eigenvalue weighted by Crippen LogP contribution is -2.43. The van der Waals surface area contributed by atoms with E-state index in [2.05, 4.69) is 0 Å². The van der Waals surface area contributed by atoms with Gasteiger partial charge in [-0.3, -0.25) is 9.59 Å². The van der Waals surface area contributed by atoms with Gasteiger partial charge in [-0.15, -0.1) is 0 Å². The number of rotatable bonds is 5. The molecule has 1 N–H and O–H groups in total. The molecule has 0 saturated heterocycles. The van der Waals surface area contributed by atoms with E-state index in [1.165, 1.54) is 0 Å². The number of carbonyl (C=O) groups is 2. The summed E-state index contributed by atoms with van der Waals surface area (Å²) in [4.78, 5) is 25.8. The van der Waals surface area contributed by atoms with E-state index in [1.807, 2.05) is 31.2 Å². The second-order valence-corrected chi connectivity index (χ2v) is 5.95. The van der Waals surface area contributed by atoms with E-state index >= 15 is 0 Å². The minimum absolute atomic E-state index is 0.0342. The first-order valence-corrected chi connectivity index (χ1v) is 7.60. The fourth-order valence-electron chi connectivity index (χ4n) is 2.95. The summed E-state index contributed by atoms with van der Waals surface area (Å²) < 4.78 is 0. The lowest BCUT2D eigenvalue weighted by molar-refractivity contribution is -0.141. The van der Waals surface area contributed by atoms with E-state index in [1.54, 1.807) is 11.8 Å². The Morgan fingerprint density at radius 3 is 2.48 bits per heavy atom. The standard InChI is InChI=1S/C17H23NO3/c1-12-7-3-6-10-15(12)16(19)18(11-13(2)17(20)21)14-8-4-5-9-14/h3,6-7,10,13-14H,4-5,8-9,11H2,1-2H3,(H,20,21). The maximum absolute atomic E-state index is 12.8. The summed E-state index contributed by atoms with van der Waals surface area (Å²) in [7, 11) is 0. The molecule has 0 bridgehead atoms. The van der Waals surface area contributed by atoms with Crippen molar-refractivity contribution in [1.29, 1.82) is 0 Å². The Morgan fingerprint density at radius 2 is 1.90 bits per heavy atom. The molecule has 0 aromatic heterocycles. The van der Waals surface area contributed by atoms with Crippen molar-refractivity contribution in [3.05, 3.63) is 35.4 Å². The Balaban J connectivity index is 2.24. The Bertz CT molecular complexity index is 521. The number of nitrogens with zero attached hydrogens (tertiary/aromatic N) is 1. The van der Waals surface area contributed by atoms with E-state index in [-0.39, 0.29) is 18.5 Å². The quantitative estimate of drug-likeness (QED) is 0.906. The van der Waals surface area contributed by atoms with Crippen LogP contribution in [0.25, 0.3) is 0 Å². The van der Waals surface area contributed by atoms with Gasteiger partial charge in [0, 0.05) is 18.2 Å². The lowest BCUT2D eigenvalue weighted by Gasteiger charge is -2.31. The molecule has 1 aromatic rings. The summed E-state index contributed by atoms with van der Waals surface area (Å²) in [5, 5.41) is 9.14. The predicted octanol–water partition coefficient (Wildman–Crippen LogP) is 3.10. The number of carboxylic acid groups (broad SMARTS) is 1. The summed E-state index contributed by atoms with van der Waals surface area (Å²) >= 11 is 0. The minimum Gasteiger partial charge on any atom is -0.481 e. The average molecular weight is 289 g/mol. The van der Waals surface area contributed by atoms with Crippen LogP contribution >= 0.6 is 0 Å². The third-order valence-corrected chi connectivity index (χ3v) is 4.29. The number of carboxylic acids is 1. The SMILES string of the molecule is Cc1ccccc1C(=O)N(CC(C)C(=O)O)C1CCCC1. The van der Waals surface area contributed by atoms with E-state index in [9.17, 15) is 9.59 Å². The minimum atomic E-state index is -0.851. The van der Waals surface area contributed by atoms with Gasteiger partial charge >= 0.3 is 5.97 Å². The number of hydrogen-bond donors (Lipinski definition) is 1. The molecule has 0 heterocycles. The highest BCUT2D eigenvalue weighted by Gasteiger charge is 2.30. The van der Waals surface area contributed by atoms with Crippen molar-refractivity contribution in [1.82, 2.24) is 4.90 Å². The van der Waals surface area contributed by atoms with Crippen LogP contribution < -0.4 is 0 Å². The summed E-state index contributed by atoms with van der Waals surface area (Å²) in [5.74, 6) is -1.43. The number of carbonyl (C=O) groups excluding carboxylic acids is 1. The molecule has 0 radical (unpaired) electrons. The zero-order valence-electron chi connectivity index (χ0n) is 12.7. The molecule has 1 aromatic carbocycles. The van der Waals surface area contributed by atoms with Crippen LogP contribution in [0.5, 0.6) is 0 Å². The van der Waals surface area contributed by atoms with E-state index in [4.69, 9.17) is 5.11 Å². The summed E-state index contributed by atoms with van der Waals surface area (Å²) in [6, 6.07) is 7.68. The Labute approximate surface area is 125 Å². The highest BCUT2D eigenvalue weighted by molar-refractivity contribution is 5.96. The van der Waals surface area contributed by atoms with Crippen molar-refractivity contribution >= 4 is 11.9 Å². The first kappa shape index (κ1) is 15.5. The number of aryl methyl sites for hydroxylation is 1. The molecular formula is C17H23NO3. The molecule has 0 aliphatic heterocycles. The normalized spacial score (nSPS) is 16.7.